The molecule has 5 fully saturated rings. The summed E-state index contributed by atoms with van der Waals surface area (Å²) < 4.78 is 5.60. The van der Waals surface area contributed by atoms with Crippen molar-refractivity contribution in [3.8, 4) is 0 Å². The first-order valence-corrected chi connectivity index (χ1v) is 11.6. The lowest BCUT2D eigenvalue weighted by atomic mass is 9.43. The van der Waals surface area contributed by atoms with Crippen molar-refractivity contribution >= 4 is 11.8 Å². The van der Waals surface area contributed by atoms with E-state index in [2.05, 4.69) is 6.92 Å². The Bertz CT molecular complexity index is 642. The third-order valence-corrected chi connectivity index (χ3v) is 10.2. The maximum atomic E-state index is 12.1. The van der Waals surface area contributed by atoms with Crippen molar-refractivity contribution in [3.05, 3.63) is 0 Å². The Balaban J connectivity index is 1.36. The van der Waals surface area contributed by atoms with Gasteiger partial charge >= 0.3 is 5.97 Å². The minimum absolute atomic E-state index is 0.110. The molecule has 5 aliphatic rings. The molecule has 1 spiro atoms. The van der Waals surface area contributed by atoms with Crippen molar-refractivity contribution in [3.63, 3.8) is 0 Å². The lowest BCUT2D eigenvalue weighted by Crippen LogP contribution is -2.55. The first-order chi connectivity index (χ1) is 12.9. The van der Waals surface area contributed by atoms with E-state index >= 15 is 0 Å². The number of rotatable bonds is 1. The van der Waals surface area contributed by atoms with Gasteiger partial charge in [0.05, 0.1) is 0 Å². The van der Waals surface area contributed by atoms with Crippen LogP contribution >= 0.6 is 0 Å². The molecule has 0 amide bonds. The molecule has 0 bridgehead atoms. The number of carbonyl (C=O) groups is 2. The Hall–Kier alpha value is -0.860. The molecule has 0 saturated heterocycles. The van der Waals surface area contributed by atoms with Crippen molar-refractivity contribution in [2.45, 2.75) is 97.0 Å². The van der Waals surface area contributed by atoms with Crippen molar-refractivity contribution in [2.24, 2.45) is 40.4 Å². The highest BCUT2D eigenvalue weighted by atomic mass is 16.5. The maximum absolute atomic E-state index is 12.1. The van der Waals surface area contributed by atoms with E-state index in [-0.39, 0.29) is 12.1 Å². The molecule has 150 valence electrons. The lowest BCUT2D eigenvalue weighted by Gasteiger charge is -2.62. The van der Waals surface area contributed by atoms with Gasteiger partial charge in [-0.2, -0.15) is 0 Å². The summed E-state index contributed by atoms with van der Waals surface area (Å²) in [5.41, 5.74) is 0.969. The molecule has 0 heterocycles. The molecular formula is C24H36O3. The number of carbonyl (C=O) groups excluding carboxylic acids is 2. The van der Waals surface area contributed by atoms with Gasteiger partial charge < -0.3 is 4.74 Å². The van der Waals surface area contributed by atoms with Gasteiger partial charge in [0.15, 0.2) is 0 Å². The summed E-state index contributed by atoms with van der Waals surface area (Å²) >= 11 is 0. The molecule has 5 aliphatic carbocycles. The number of ether oxygens (including phenoxy) is 1. The second-order valence-electron chi connectivity index (χ2n) is 11.0. The number of ketones is 1. The lowest BCUT2D eigenvalue weighted by molar-refractivity contribution is -0.162. The largest absolute Gasteiger partial charge is 0.463 e. The van der Waals surface area contributed by atoms with Crippen LogP contribution in [0.15, 0.2) is 0 Å². The van der Waals surface area contributed by atoms with E-state index < -0.39 is 0 Å². The average Bonchev–Trinajstić information content (AvgIpc) is 3.01. The van der Waals surface area contributed by atoms with Crippen LogP contribution in [-0.2, 0) is 14.3 Å². The van der Waals surface area contributed by atoms with Crippen LogP contribution in [0.2, 0.25) is 0 Å². The molecule has 3 nitrogen and oxygen atoms in total. The fraction of sp³-hybridized carbons (Fsp3) is 0.917. The van der Waals surface area contributed by atoms with Crippen molar-refractivity contribution in [2.75, 3.05) is 0 Å². The normalized spacial score (nSPS) is 51.6. The van der Waals surface area contributed by atoms with Crippen LogP contribution in [0.1, 0.15) is 90.9 Å². The van der Waals surface area contributed by atoms with E-state index in [0.29, 0.717) is 22.5 Å². The molecule has 0 radical (unpaired) electrons. The fourth-order valence-corrected chi connectivity index (χ4v) is 9.05. The van der Waals surface area contributed by atoms with E-state index in [1.807, 2.05) is 0 Å². The molecular weight excluding hydrogens is 336 g/mol. The number of hydrogen-bond donors (Lipinski definition) is 0. The molecule has 3 unspecified atom stereocenters. The molecule has 8 atom stereocenters. The van der Waals surface area contributed by atoms with E-state index in [9.17, 15) is 9.59 Å². The third-order valence-electron chi connectivity index (χ3n) is 10.2. The molecule has 5 rings (SSSR count). The highest BCUT2D eigenvalue weighted by molar-refractivity contribution is 5.79. The van der Waals surface area contributed by atoms with Gasteiger partial charge in [-0.25, -0.2) is 0 Å². The summed E-state index contributed by atoms with van der Waals surface area (Å²) in [5, 5.41) is 0. The Morgan fingerprint density at radius 2 is 1.78 bits per heavy atom. The minimum atomic E-state index is -0.110. The summed E-state index contributed by atoms with van der Waals surface area (Å²) in [6, 6.07) is 0. The highest BCUT2D eigenvalue weighted by Crippen LogP contribution is 2.69. The first-order valence-electron chi connectivity index (χ1n) is 11.6. The van der Waals surface area contributed by atoms with Gasteiger partial charge in [0.25, 0.3) is 0 Å². The molecule has 27 heavy (non-hydrogen) atoms. The maximum Gasteiger partial charge on any atom is 0.302 e. The minimum Gasteiger partial charge on any atom is -0.463 e. The van der Waals surface area contributed by atoms with Gasteiger partial charge in [-0.1, -0.05) is 6.92 Å². The van der Waals surface area contributed by atoms with Gasteiger partial charge in [0.1, 0.15) is 11.9 Å². The summed E-state index contributed by atoms with van der Waals surface area (Å²) in [5.74, 6) is 4.50. The molecule has 0 N–H and O–H groups in total. The summed E-state index contributed by atoms with van der Waals surface area (Å²) in [6.45, 7) is 4.13. The standard InChI is InChI=1S/C24H36O3/c1-15(25)27-19-8-10-23(2)16(14-19)3-5-20-21(23)9-12-24-11-7-18(26)13-17(24)4-6-22(20)24/h16-17,19-22H,3-14H2,1-2H3/t16-,17+,19+,20?,21?,22?,23-,24+/m0/s1. The number of Topliss-reactive ketones (excluding diaryl/α,β-unsaturated/α-hetero) is 1. The van der Waals surface area contributed by atoms with Crippen LogP contribution in [0.4, 0.5) is 0 Å². The number of esters is 1. The SMILES string of the molecule is CC(=O)O[C@@H]1CC[C@]2(C)C3CC[C@]45CCC(=O)C[C@H]4CCC5C3CC[C@H]2C1. The summed E-state index contributed by atoms with van der Waals surface area (Å²) in [4.78, 5) is 23.5. The van der Waals surface area contributed by atoms with Gasteiger partial charge in [0, 0.05) is 19.8 Å². The van der Waals surface area contributed by atoms with E-state index in [0.717, 1.165) is 49.4 Å². The smallest absolute Gasteiger partial charge is 0.302 e. The second kappa shape index (κ2) is 6.32. The first kappa shape index (κ1) is 18.2. The quantitative estimate of drug-likeness (QED) is 0.586. The van der Waals surface area contributed by atoms with E-state index in [4.69, 9.17) is 4.74 Å². The van der Waals surface area contributed by atoms with Crippen LogP contribution in [0, 0.1) is 40.4 Å². The van der Waals surface area contributed by atoms with Gasteiger partial charge in [-0.05, 0) is 105 Å². The Morgan fingerprint density at radius 1 is 0.963 bits per heavy atom. The van der Waals surface area contributed by atoms with Crippen LogP contribution in [0.3, 0.4) is 0 Å². The van der Waals surface area contributed by atoms with Crippen molar-refractivity contribution < 1.29 is 14.3 Å². The van der Waals surface area contributed by atoms with Crippen LogP contribution < -0.4 is 0 Å². The number of fused-ring (bicyclic) bond motifs is 4. The summed E-state index contributed by atoms with van der Waals surface area (Å²) in [7, 11) is 0. The van der Waals surface area contributed by atoms with Crippen molar-refractivity contribution in [1.29, 1.82) is 0 Å². The molecule has 0 aromatic heterocycles. The van der Waals surface area contributed by atoms with Gasteiger partial charge in [0.2, 0.25) is 0 Å². The monoisotopic (exact) mass is 372 g/mol. The van der Waals surface area contributed by atoms with E-state index in [1.54, 1.807) is 6.92 Å². The fourth-order valence-electron chi connectivity index (χ4n) is 9.05. The Labute approximate surface area is 164 Å². The predicted octanol–water partition coefficient (Wildman–Crippen LogP) is 5.31. The second-order valence-corrected chi connectivity index (χ2v) is 11.0. The Kier molecular flexibility index (Phi) is 4.26. The molecule has 3 heteroatoms. The molecule has 0 aromatic rings. The third kappa shape index (κ3) is 2.66. The average molecular weight is 373 g/mol. The van der Waals surface area contributed by atoms with Gasteiger partial charge in [-0.3, -0.25) is 9.59 Å². The molecule has 0 aliphatic heterocycles. The zero-order valence-electron chi connectivity index (χ0n) is 17.2. The van der Waals surface area contributed by atoms with Crippen molar-refractivity contribution in [1.82, 2.24) is 0 Å². The zero-order chi connectivity index (χ0) is 18.8. The van der Waals surface area contributed by atoms with Gasteiger partial charge in [-0.15, -0.1) is 0 Å². The number of hydrogen-bond acceptors (Lipinski definition) is 3. The van der Waals surface area contributed by atoms with E-state index in [1.165, 1.54) is 51.4 Å². The van der Waals surface area contributed by atoms with Crippen LogP contribution in [-0.4, -0.2) is 17.9 Å². The summed E-state index contributed by atoms with van der Waals surface area (Å²) in [6.07, 6.45) is 14.6. The highest BCUT2D eigenvalue weighted by Gasteiger charge is 2.62. The van der Waals surface area contributed by atoms with Crippen LogP contribution in [0.5, 0.6) is 0 Å². The molecule has 0 aromatic carbocycles. The predicted molar refractivity (Wildman–Crippen MR) is 104 cm³/mol. The topological polar surface area (TPSA) is 43.4 Å². The molecule has 5 saturated carbocycles. The zero-order valence-corrected chi connectivity index (χ0v) is 17.2. The Morgan fingerprint density at radius 3 is 2.59 bits per heavy atom. The van der Waals surface area contributed by atoms with Crippen LogP contribution in [0.25, 0.3) is 0 Å².